The highest BCUT2D eigenvalue weighted by molar-refractivity contribution is 9.11. The SMILES string of the molecule is CCOC(=O)N[C@H]1CS(=O)(=O)C[C@@H]1NS(=O)(=O)c1cc(Br)ccc1Br. The number of carbonyl (C=O) groups excluding carboxylic acids is 1. The Bertz CT molecular complexity index is 873. The second kappa shape index (κ2) is 7.91. The van der Waals surface area contributed by atoms with E-state index in [0.29, 0.717) is 8.95 Å². The van der Waals surface area contributed by atoms with E-state index in [2.05, 4.69) is 41.9 Å². The van der Waals surface area contributed by atoms with Gasteiger partial charge in [0.25, 0.3) is 0 Å². The molecule has 1 saturated heterocycles. The predicted octanol–water partition coefficient (Wildman–Crippen LogP) is 1.40. The van der Waals surface area contributed by atoms with Crippen LogP contribution < -0.4 is 10.0 Å². The lowest BCUT2D eigenvalue weighted by Gasteiger charge is -2.20. The van der Waals surface area contributed by atoms with Crippen molar-refractivity contribution >= 4 is 57.8 Å². The Morgan fingerprint density at radius 2 is 1.92 bits per heavy atom. The second-order valence-electron chi connectivity index (χ2n) is 5.35. The van der Waals surface area contributed by atoms with Crippen molar-refractivity contribution in [1.82, 2.24) is 10.0 Å². The molecular formula is C13H16Br2N2O6S2. The van der Waals surface area contributed by atoms with Crippen molar-refractivity contribution in [3.05, 3.63) is 27.1 Å². The van der Waals surface area contributed by atoms with Gasteiger partial charge < -0.3 is 10.1 Å². The Balaban J connectivity index is 2.26. The smallest absolute Gasteiger partial charge is 0.407 e. The fourth-order valence-electron chi connectivity index (χ4n) is 2.38. The molecule has 0 spiro atoms. The molecule has 2 atom stereocenters. The van der Waals surface area contributed by atoms with Crippen molar-refractivity contribution in [3.8, 4) is 0 Å². The molecule has 140 valence electrons. The molecule has 0 saturated carbocycles. The van der Waals surface area contributed by atoms with Gasteiger partial charge in [0.1, 0.15) is 0 Å². The van der Waals surface area contributed by atoms with Crippen LogP contribution in [0.1, 0.15) is 6.92 Å². The number of carbonyl (C=O) groups is 1. The number of sulfonamides is 1. The van der Waals surface area contributed by atoms with Gasteiger partial charge in [-0.1, -0.05) is 15.9 Å². The molecule has 1 amide bonds. The highest BCUT2D eigenvalue weighted by Crippen LogP contribution is 2.26. The number of hydrogen-bond donors (Lipinski definition) is 2. The van der Waals surface area contributed by atoms with Crippen LogP contribution in [0.25, 0.3) is 0 Å². The lowest BCUT2D eigenvalue weighted by molar-refractivity contribution is 0.148. The van der Waals surface area contributed by atoms with E-state index < -0.39 is 43.8 Å². The van der Waals surface area contributed by atoms with E-state index in [0.717, 1.165) is 0 Å². The first-order valence-corrected chi connectivity index (χ1v) is 12.0. The molecular weight excluding hydrogens is 504 g/mol. The number of amides is 1. The van der Waals surface area contributed by atoms with Crippen LogP contribution in [0.15, 0.2) is 32.0 Å². The maximum absolute atomic E-state index is 12.6. The summed E-state index contributed by atoms with van der Waals surface area (Å²) in [5.74, 6) is -0.770. The van der Waals surface area contributed by atoms with Gasteiger partial charge in [0, 0.05) is 8.95 Å². The van der Waals surface area contributed by atoms with Crippen molar-refractivity contribution < 1.29 is 26.4 Å². The second-order valence-corrected chi connectivity index (χ2v) is 11.0. The maximum Gasteiger partial charge on any atom is 0.407 e. The van der Waals surface area contributed by atoms with Crippen LogP contribution in [-0.4, -0.2) is 53.1 Å². The molecule has 1 aromatic carbocycles. The van der Waals surface area contributed by atoms with Crippen LogP contribution in [-0.2, 0) is 24.6 Å². The topological polar surface area (TPSA) is 119 Å². The Morgan fingerprint density at radius 1 is 1.28 bits per heavy atom. The molecule has 1 aromatic rings. The summed E-state index contributed by atoms with van der Waals surface area (Å²) in [5.41, 5.74) is 0. The number of halogens is 2. The van der Waals surface area contributed by atoms with E-state index in [-0.39, 0.29) is 17.3 Å². The van der Waals surface area contributed by atoms with Gasteiger partial charge >= 0.3 is 6.09 Å². The molecule has 0 aliphatic carbocycles. The third-order valence-corrected chi connectivity index (χ3v) is 8.13. The van der Waals surface area contributed by atoms with Crippen LogP contribution in [0.3, 0.4) is 0 Å². The summed E-state index contributed by atoms with van der Waals surface area (Å²) < 4.78 is 57.0. The Hall–Kier alpha value is -0.690. The monoisotopic (exact) mass is 518 g/mol. The fourth-order valence-corrected chi connectivity index (χ4v) is 7.12. The largest absolute Gasteiger partial charge is 0.450 e. The minimum absolute atomic E-state index is 0.0407. The zero-order chi connectivity index (χ0) is 18.8. The van der Waals surface area contributed by atoms with Gasteiger partial charge in [-0.3, -0.25) is 0 Å². The minimum atomic E-state index is -4.01. The van der Waals surface area contributed by atoms with Crippen molar-refractivity contribution in [2.75, 3.05) is 18.1 Å². The molecule has 0 bridgehead atoms. The summed E-state index contributed by atoms with van der Waals surface area (Å²) in [6, 6.07) is 2.70. The average Bonchev–Trinajstić information content (AvgIpc) is 2.74. The summed E-state index contributed by atoms with van der Waals surface area (Å²) in [5, 5.41) is 2.40. The summed E-state index contributed by atoms with van der Waals surface area (Å²) in [7, 11) is -7.51. The quantitative estimate of drug-likeness (QED) is 0.607. The molecule has 8 nitrogen and oxygen atoms in total. The first-order valence-electron chi connectivity index (χ1n) is 7.15. The highest BCUT2D eigenvalue weighted by Gasteiger charge is 2.41. The molecule has 0 radical (unpaired) electrons. The van der Waals surface area contributed by atoms with Gasteiger partial charge in [0.2, 0.25) is 10.0 Å². The number of benzene rings is 1. The van der Waals surface area contributed by atoms with Crippen molar-refractivity contribution in [3.63, 3.8) is 0 Å². The predicted molar refractivity (Wildman–Crippen MR) is 98.6 cm³/mol. The van der Waals surface area contributed by atoms with Crippen molar-refractivity contribution in [2.24, 2.45) is 0 Å². The number of nitrogens with one attached hydrogen (secondary N) is 2. The molecule has 0 aromatic heterocycles. The number of rotatable bonds is 5. The van der Waals surface area contributed by atoms with Crippen LogP contribution in [0, 0.1) is 0 Å². The molecule has 1 heterocycles. The van der Waals surface area contributed by atoms with E-state index in [1.165, 1.54) is 6.07 Å². The van der Waals surface area contributed by atoms with Gasteiger partial charge in [-0.2, -0.15) is 0 Å². The number of hydrogen-bond acceptors (Lipinski definition) is 6. The third kappa shape index (κ3) is 5.39. The lowest BCUT2D eigenvalue weighted by atomic mass is 10.2. The molecule has 1 aliphatic rings. The molecule has 25 heavy (non-hydrogen) atoms. The highest BCUT2D eigenvalue weighted by atomic mass is 79.9. The number of alkyl carbamates (subject to hydrolysis) is 1. The summed E-state index contributed by atoms with van der Waals surface area (Å²) in [6.07, 6.45) is -0.794. The van der Waals surface area contributed by atoms with E-state index in [4.69, 9.17) is 4.74 Å². The normalized spacial score (nSPS) is 22.5. The molecule has 1 aliphatic heterocycles. The van der Waals surface area contributed by atoms with Gasteiger partial charge in [0.15, 0.2) is 9.84 Å². The van der Waals surface area contributed by atoms with Gasteiger partial charge in [-0.05, 0) is 41.1 Å². The zero-order valence-electron chi connectivity index (χ0n) is 13.0. The van der Waals surface area contributed by atoms with Crippen LogP contribution in [0.4, 0.5) is 4.79 Å². The van der Waals surface area contributed by atoms with Gasteiger partial charge in [0.05, 0.1) is 35.1 Å². The third-order valence-electron chi connectivity index (χ3n) is 3.42. The summed E-state index contributed by atoms with van der Waals surface area (Å²) >= 11 is 6.36. The van der Waals surface area contributed by atoms with Crippen LogP contribution >= 0.6 is 31.9 Å². The molecule has 2 N–H and O–H groups in total. The first kappa shape index (κ1) is 20.6. The molecule has 2 rings (SSSR count). The lowest BCUT2D eigenvalue weighted by Crippen LogP contribution is -2.51. The Morgan fingerprint density at radius 3 is 2.56 bits per heavy atom. The van der Waals surface area contributed by atoms with E-state index in [9.17, 15) is 21.6 Å². The van der Waals surface area contributed by atoms with Gasteiger partial charge in [-0.15, -0.1) is 0 Å². The number of sulfone groups is 1. The van der Waals surface area contributed by atoms with Crippen molar-refractivity contribution in [2.45, 2.75) is 23.9 Å². The standard InChI is InChI=1S/C13H16Br2N2O6S2/c1-2-23-13(18)16-10-6-24(19,20)7-11(10)17-25(21,22)12-5-8(14)3-4-9(12)15/h3-5,10-11,17H,2,6-7H2,1H3,(H,16,18)/t10-,11-/m0/s1. The van der Waals surface area contributed by atoms with Crippen molar-refractivity contribution in [1.29, 1.82) is 0 Å². The van der Waals surface area contributed by atoms with Crippen LogP contribution in [0.2, 0.25) is 0 Å². The van der Waals surface area contributed by atoms with E-state index in [1.54, 1.807) is 19.1 Å². The molecule has 12 heteroatoms. The van der Waals surface area contributed by atoms with E-state index in [1.807, 2.05) is 0 Å². The fraction of sp³-hybridized carbons (Fsp3) is 0.462. The molecule has 0 unspecified atom stereocenters. The first-order chi connectivity index (χ1) is 11.5. The average molecular weight is 520 g/mol. The summed E-state index contributed by atoms with van der Waals surface area (Å²) in [6.45, 7) is 1.72. The zero-order valence-corrected chi connectivity index (χ0v) is 17.8. The minimum Gasteiger partial charge on any atom is -0.450 e. The molecule has 1 fully saturated rings. The van der Waals surface area contributed by atoms with Gasteiger partial charge in [-0.25, -0.2) is 26.4 Å². The van der Waals surface area contributed by atoms with Crippen LogP contribution in [0.5, 0.6) is 0 Å². The summed E-state index contributed by atoms with van der Waals surface area (Å²) in [4.78, 5) is 11.5. The maximum atomic E-state index is 12.6. The Kier molecular flexibility index (Phi) is 6.52. The van der Waals surface area contributed by atoms with E-state index >= 15 is 0 Å². The Labute approximate surface area is 162 Å². The number of ether oxygens (including phenoxy) is 1.